The molecule has 27 heavy (non-hydrogen) atoms. The van der Waals surface area contributed by atoms with E-state index in [-0.39, 0.29) is 17.5 Å². The Morgan fingerprint density at radius 2 is 1.85 bits per heavy atom. The molecule has 0 unspecified atom stereocenters. The molecular weight excluding hydrogens is 348 g/mol. The Balaban J connectivity index is 2.01. The van der Waals surface area contributed by atoms with Crippen molar-refractivity contribution in [2.75, 3.05) is 45.8 Å². The number of nitrogens with zero attached hydrogens (tertiary/aromatic N) is 4. The average molecular weight is 376 g/mol. The summed E-state index contributed by atoms with van der Waals surface area (Å²) >= 11 is 0. The lowest BCUT2D eigenvalue weighted by atomic mass is 10.1. The average Bonchev–Trinajstić information content (AvgIpc) is 2.88. The Bertz CT molecular complexity index is 703. The van der Waals surface area contributed by atoms with Crippen LogP contribution in [0.3, 0.4) is 0 Å². The molecule has 1 aromatic carbocycles. The number of nitro groups is 1. The van der Waals surface area contributed by atoms with Crippen LogP contribution < -0.4 is 0 Å². The number of hydrogen-bond acceptors (Lipinski definition) is 5. The van der Waals surface area contributed by atoms with Gasteiger partial charge in [0.1, 0.15) is 0 Å². The van der Waals surface area contributed by atoms with Crippen LogP contribution in [0, 0.1) is 17.0 Å². The summed E-state index contributed by atoms with van der Waals surface area (Å²) in [6.07, 6.45) is 0.769. The van der Waals surface area contributed by atoms with Gasteiger partial charge >= 0.3 is 0 Å². The van der Waals surface area contributed by atoms with E-state index in [0.717, 1.165) is 13.0 Å². The van der Waals surface area contributed by atoms with E-state index in [1.165, 1.54) is 6.07 Å². The van der Waals surface area contributed by atoms with Gasteiger partial charge in [-0.25, -0.2) is 0 Å². The van der Waals surface area contributed by atoms with E-state index in [1.54, 1.807) is 28.9 Å². The van der Waals surface area contributed by atoms with Crippen LogP contribution in [0.15, 0.2) is 18.2 Å². The number of rotatable bonds is 6. The topological polar surface area (TPSA) is 87.0 Å². The fraction of sp³-hybridized carbons (Fsp3) is 0.579. The van der Waals surface area contributed by atoms with Gasteiger partial charge in [0.05, 0.1) is 11.5 Å². The molecule has 2 amide bonds. The van der Waals surface area contributed by atoms with Gasteiger partial charge in [0.25, 0.3) is 11.6 Å². The lowest BCUT2D eigenvalue weighted by Crippen LogP contribution is -2.42. The molecule has 1 aromatic rings. The first-order chi connectivity index (χ1) is 12.9. The minimum atomic E-state index is -0.463. The molecule has 0 spiro atoms. The molecule has 0 bridgehead atoms. The molecule has 0 aliphatic carbocycles. The Morgan fingerprint density at radius 1 is 1.15 bits per heavy atom. The smallest absolute Gasteiger partial charge is 0.273 e. The van der Waals surface area contributed by atoms with Crippen LogP contribution in [0.1, 0.15) is 36.2 Å². The minimum absolute atomic E-state index is 0.0397. The third-order valence-corrected chi connectivity index (χ3v) is 5.00. The van der Waals surface area contributed by atoms with Crippen molar-refractivity contribution in [3.05, 3.63) is 39.4 Å². The van der Waals surface area contributed by atoms with Gasteiger partial charge in [0.15, 0.2) is 0 Å². The van der Waals surface area contributed by atoms with Crippen molar-refractivity contribution in [2.45, 2.75) is 27.2 Å². The van der Waals surface area contributed by atoms with Crippen LogP contribution in [-0.2, 0) is 4.79 Å². The Labute approximate surface area is 159 Å². The predicted octanol–water partition coefficient (Wildman–Crippen LogP) is 1.92. The number of hydrogen-bond donors (Lipinski definition) is 0. The Kier molecular flexibility index (Phi) is 7.29. The van der Waals surface area contributed by atoms with Gasteiger partial charge in [-0.15, -0.1) is 0 Å². The quantitative estimate of drug-likeness (QED) is 0.559. The van der Waals surface area contributed by atoms with Gasteiger partial charge in [0, 0.05) is 56.5 Å². The van der Waals surface area contributed by atoms with Crippen LogP contribution in [0.4, 0.5) is 5.69 Å². The second kappa shape index (κ2) is 9.45. The number of likely N-dealkylation sites (N-methyl/N-ethyl adjacent to an activating group) is 1. The molecular formula is C19H28N4O4. The van der Waals surface area contributed by atoms with E-state index in [4.69, 9.17) is 0 Å². The summed E-state index contributed by atoms with van der Waals surface area (Å²) in [6, 6.07) is 4.60. The van der Waals surface area contributed by atoms with Gasteiger partial charge in [-0.1, -0.05) is 6.07 Å². The summed E-state index contributed by atoms with van der Waals surface area (Å²) in [5.74, 6) is -0.0936. The number of nitro benzene ring substituents is 1. The highest BCUT2D eigenvalue weighted by atomic mass is 16.6. The summed E-state index contributed by atoms with van der Waals surface area (Å²) in [4.78, 5) is 41.3. The van der Waals surface area contributed by atoms with Crippen molar-refractivity contribution >= 4 is 17.5 Å². The molecule has 0 aromatic heterocycles. The highest BCUT2D eigenvalue weighted by Gasteiger charge is 2.24. The Morgan fingerprint density at radius 3 is 2.48 bits per heavy atom. The lowest BCUT2D eigenvalue weighted by molar-refractivity contribution is -0.385. The van der Waals surface area contributed by atoms with E-state index in [2.05, 4.69) is 4.90 Å². The monoisotopic (exact) mass is 376 g/mol. The Hall–Kier alpha value is -2.48. The van der Waals surface area contributed by atoms with E-state index < -0.39 is 4.92 Å². The molecule has 0 radical (unpaired) electrons. The maximum absolute atomic E-state index is 12.8. The summed E-state index contributed by atoms with van der Waals surface area (Å²) in [6.45, 7) is 9.79. The fourth-order valence-electron chi connectivity index (χ4n) is 3.32. The van der Waals surface area contributed by atoms with Gasteiger partial charge in [-0.3, -0.25) is 24.6 Å². The summed E-state index contributed by atoms with van der Waals surface area (Å²) in [5, 5.41) is 11.1. The molecule has 8 nitrogen and oxygen atoms in total. The van der Waals surface area contributed by atoms with Crippen molar-refractivity contribution in [3.8, 4) is 0 Å². The van der Waals surface area contributed by atoms with E-state index >= 15 is 0 Å². The van der Waals surface area contributed by atoms with Gasteiger partial charge in [0.2, 0.25) is 5.91 Å². The first-order valence-electron chi connectivity index (χ1n) is 9.41. The molecule has 1 aliphatic rings. The lowest BCUT2D eigenvalue weighted by Gasteiger charge is -2.25. The maximum atomic E-state index is 12.8. The summed E-state index contributed by atoms with van der Waals surface area (Å²) < 4.78 is 0. The van der Waals surface area contributed by atoms with Crippen molar-refractivity contribution in [2.24, 2.45) is 0 Å². The zero-order valence-electron chi connectivity index (χ0n) is 16.3. The zero-order valence-corrected chi connectivity index (χ0v) is 16.3. The third-order valence-electron chi connectivity index (χ3n) is 5.00. The molecule has 0 saturated carbocycles. The summed E-state index contributed by atoms with van der Waals surface area (Å²) in [7, 11) is 0. The molecule has 1 aliphatic heterocycles. The largest absolute Gasteiger partial charge is 0.342 e. The number of aryl methyl sites for hydroxylation is 1. The molecule has 1 heterocycles. The van der Waals surface area contributed by atoms with Crippen molar-refractivity contribution in [1.29, 1.82) is 0 Å². The standard InChI is InChI=1S/C19H28N4O4/c1-4-21(5-2)18(24)14-20-9-6-10-22(12-11-20)19(25)16-8-7-15(3)17(13-16)23(26)27/h7-8,13H,4-6,9-12,14H2,1-3H3. The predicted molar refractivity (Wildman–Crippen MR) is 103 cm³/mol. The molecule has 2 rings (SSSR count). The maximum Gasteiger partial charge on any atom is 0.273 e. The first kappa shape index (κ1) is 20.8. The van der Waals surface area contributed by atoms with Gasteiger partial charge < -0.3 is 9.80 Å². The van der Waals surface area contributed by atoms with Crippen molar-refractivity contribution < 1.29 is 14.5 Å². The van der Waals surface area contributed by atoms with Crippen LogP contribution >= 0.6 is 0 Å². The van der Waals surface area contributed by atoms with Crippen LogP contribution in [0.2, 0.25) is 0 Å². The molecule has 1 fully saturated rings. The molecule has 8 heteroatoms. The molecule has 0 atom stereocenters. The van der Waals surface area contributed by atoms with Crippen molar-refractivity contribution in [3.63, 3.8) is 0 Å². The molecule has 148 valence electrons. The number of amides is 2. The third kappa shape index (κ3) is 5.26. The van der Waals surface area contributed by atoms with E-state index in [0.29, 0.717) is 50.4 Å². The number of carbonyl (C=O) groups is 2. The van der Waals surface area contributed by atoms with Crippen LogP contribution in [0.25, 0.3) is 0 Å². The highest BCUT2D eigenvalue weighted by molar-refractivity contribution is 5.95. The normalized spacial score (nSPS) is 15.3. The van der Waals surface area contributed by atoms with E-state index in [9.17, 15) is 19.7 Å². The van der Waals surface area contributed by atoms with Crippen LogP contribution in [0.5, 0.6) is 0 Å². The highest BCUT2D eigenvalue weighted by Crippen LogP contribution is 2.20. The van der Waals surface area contributed by atoms with Crippen molar-refractivity contribution in [1.82, 2.24) is 14.7 Å². The van der Waals surface area contributed by atoms with Gasteiger partial charge in [-0.2, -0.15) is 0 Å². The first-order valence-corrected chi connectivity index (χ1v) is 9.41. The summed E-state index contributed by atoms with van der Waals surface area (Å²) in [5.41, 5.74) is 0.829. The second-order valence-electron chi connectivity index (χ2n) is 6.75. The van der Waals surface area contributed by atoms with Gasteiger partial charge in [-0.05, 0) is 33.3 Å². The molecule has 1 saturated heterocycles. The second-order valence-corrected chi connectivity index (χ2v) is 6.75. The number of carbonyl (C=O) groups excluding carboxylic acids is 2. The fourth-order valence-corrected chi connectivity index (χ4v) is 3.32. The number of benzene rings is 1. The van der Waals surface area contributed by atoms with E-state index in [1.807, 2.05) is 13.8 Å². The minimum Gasteiger partial charge on any atom is -0.342 e. The molecule has 0 N–H and O–H groups in total. The zero-order chi connectivity index (χ0) is 20.0. The van der Waals surface area contributed by atoms with Crippen LogP contribution in [-0.4, -0.2) is 77.3 Å². The SMILES string of the molecule is CCN(CC)C(=O)CN1CCCN(C(=O)c2ccc(C)c([N+](=O)[O-])c2)CC1.